The fourth-order valence-corrected chi connectivity index (χ4v) is 3.85. The quantitative estimate of drug-likeness (QED) is 0.300. The lowest BCUT2D eigenvalue weighted by molar-refractivity contribution is -0.145. The molecule has 1 atom stereocenters. The molecule has 0 saturated carbocycles. The molecule has 198 valence electrons. The molecule has 1 aromatic carbocycles. The standard InChI is InChI=1S/C26H36ClN3O6/c1-7-8-9-10-11-12-19(31)28-16-13-14-17(27)18(15-16)29-22(33)20(21(32)25(2,3)4)30-23(34)26(5,6)36-24(30)35/h13-15,20H,7-12H2,1-6H3,(H,28,31)(H,29,33). The van der Waals surface area contributed by atoms with Crippen LogP contribution in [-0.2, 0) is 23.9 Å². The SMILES string of the molecule is CCCCCCCC(=O)Nc1ccc(Cl)c(NC(=O)C(C(=O)C(C)(C)C)N2C(=O)OC(C)(C)C2=O)c1. The summed E-state index contributed by atoms with van der Waals surface area (Å²) in [6, 6.07) is 2.79. The molecule has 1 aromatic rings. The van der Waals surface area contributed by atoms with Gasteiger partial charge in [-0.15, -0.1) is 0 Å². The van der Waals surface area contributed by atoms with Crippen molar-refractivity contribution in [1.82, 2.24) is 4.90 Å². The number of ketones is 1. The molecule has 4 amide bonds. The summed E-state index contributed by atoms with van der Waals surface area (Å²) >= 11 is 6.26. The Morgan fingerprint density at radius 3 is 2.25 bits per heavy atom. The number of imide groups is 1. The first kappa shape index (κ1) is 29.3. The smallest absolute Gasteiger partial charge is 0.418 e. The molecule has 1 unspecified atom stereocenters. The molecule has 1 fully saturated rings. The molecule has 1 saturated heterocycles. The fraction of sp³-hybridized carbons (Fsp3) is 0.577. The van der Waals surface area contributed by atoms with Crippen molar-refractivity contribution in [2.75, 3.05) is 10.6 Å². The maximum absolute atomic E-state index is 13.3. The molecule has 9 nitrogen and oxygen atoms in total. The maximum atomic E-state index is 13.3. The first-order valence-corrected chi connectivity index (χ1v) is 12.6. The van der Waals surface area contributed by atoms with Crippen molar-refractivity contribution in [3.63, 3.8) is 0 Å². The number of hydrogen-bond donors (Lipinski definition) is 2. The normalized spacial score (nSPS) is 15.9. The highest BCUT2D eigenvalue weighted by Crippen LogP contribution is 2.31. The van der Waals surface area contributed by atoms with Crippen molar-refractivity contribution in [2.24, 2.45) is 5.41 Å². The minimum atomic E-state index is -1.76. The van der Waals surface area contributed by atoms with Crippen molar-refractivity contribution >= 4 is 52.6 Å². The number of hydrogen-bond acceptors (Lipinski definition) is 6. The fourth-order valence-electron chi connectivity index (χ4n) is 3.68. The van der Waals surface area contributed by atoms with E-state index in [0.29, 0.717) is 17.0 Å². The van der Waals surface area contributed by atoms with Crippen LogP contribution in [0.4, 0.5) is 16.2 Å². The van der Waals surface area contributed by atoms with Crippen LogP contribution in [0.2, 0.25) is 5.02 Å². The average molecular weight is 522 g/mol. The van der Waals surface area contributed by atoms with Gasteiger partial charge in [0.05, 0.1) is 10.7 Å². The van der Waals surface area contributed by atoms with E-state index in [1.54, 1.807) is 26.8 Å². The van der Waals surface area contributed by atoms with E-state index in [2.05, 4.69) is 17.6 Å². The van der Waals surface area contributed by atoms with Crippen LogP contribution in [0.15, 0.2) is 18.2 Å². The summed E-state index contributed by atoms with van der Waals surface area (Å²) in [5, 5.41) is 5.47. The minimum absolute atomic E-state index is 0.119. The van der Waals surface area contributed by atoms with E-state index in [0.717, 1.165) is 32.1 Å². The zero-order valence-corrected chi connectivity index (χ0v) is 22.6. The lowest BCUT2D eigenvalue weighted by Gasteiger charge is -2.28. The van der Waals surface area contributed by atoms with Crippen molar-refractivity contribution in [1.29, 1.82) is 0 Å². The molecule has 0 radical (unpaired) electrons. The first-order chi connectivity index (χ1) is 16.7. The Bertz CT molecular complexity index is 1030. The number of halogens is 1. The number of cyclic esters (lactones) is 1. The first-order valence-electron chi connectivity index (χ1n) is 12.2. The third-order valence-electron chi connectivity index (χ3n) is 5.78. The number of anilines is 2. The van der Waals surface area contributed by atoms with Gasteiger partial charge in [-0.25, -0.2) is 9.69 Å². The van der Waals surface area contributed by atoms with Crippen LogP contribution in [0.5, 0.6) is 0 Å². The molecule has 2 N–H and O–H groups in total. The summed E-state index contributed by atoms with van der Waals surface area (Å²) < 4.78 is 5.09. The van der Waals surface area contributed by atoms with Crippen molar-refractivity contribution < 1.29 is 28.7 Å². The second-order valence-electron chi connectivity index (χ2n) is 10.5. The molecule has 1 aliphatic heterocycles. The van der Waals surface area contributed by atoms with E-state index in [1.165, 1.54) is 26.0 Å². The number of ether oxygens (including phenoxy) is 1. The molecular formula is C26H36ClN3O6. The lowest BCUT2D eigenvalue weighted by atomic mass is 9.85. The average Bonchev–Trinajstić information content (AvgIpc) is 2.97. The van der Waals surface area contributed by atoms with Gasteiger partial charge in [-0.3, -0.25) is 19.2 Å². The molecule has 1 heterocycles. The highest BCUT2D eigenvalue weighted by Gasteiger charge is 2.55. The molecular weight excluding hydrogens is 486 g/mol. The van der Waals surface area contributed by atoms with E-state index >= 15 is 0 Å². The van der Waals surface area contributed by atoms with E-state index < -0.39 is 40.7 Å². The number of carbonyl (C=O) groups excluding carboxylic acids is 5. The summed E-state index contributed by atoms with van der Waals surface area (Å²) in [6.07, 6.45) is 4.38. The van der Waals surface area contributed by atoms with Gasteiger partial charge in [-0.2, -0.15) is 0 Å². The minimum Gasteiger partial charge on any atom is -0.433 e. The van der Waals surface area contributed by atoms with Crippen molar-refractivity contribution in [3.05, 3.63) is 23.2 Å². The van der Waals surface area contributed by atoms with Gasteiger partial charge in [0.1, 0.15) is 0 Å². The van der Waals surface area contributed by atoms with Crippen LogP contribution in [0.3, 0.4) is 0 Å². The van der Waals surface area contributed by atoms with Crippen molar-refractivity contribution in [3.8, 4) is 0 Å². The predicted octanol–water partition coefficient (Wildman–Crippen LogP) is 5.32. The summed E-state index contributed by atoms with van der Waals surface area (Å²) in [6.45, 7) is 9.64. The van der Waals surface area contributed by atoms with Gasteiger partial charge in [0.15, 0.2) is 17.4 Å². The Labute approximate surface area is 217 Å². The second-order valence-corrected chi connectivity index (χ2v) is 10.9. The highest BCUT2D eigenvalue weighted by atomic mass is 35.5. The van der Waals surface area contributed by atoms with E-state index in [4.69, 9.17) is 16.3 Å². The Kier molecular flexibility index (Phi) is 9.65. The number of benzene rings is 1. The molecule has 0 bridgehead atoms. The summed E-state index contributed by atoms with van der Waals surface area (Å²) in [5.74, 6) is -2.53. The van der Waals surface area contributed by atoms with Crippen LogP contribution in [-0.4, -0.2) is 46.1 Å². The van der Waals surface area contributed by atoms with Gasteiger partial charge < -0.3 is 15.4 Å². The molecule has 0 spiro atoms. The topological polar surface area (TPSA) is 122 Å². The van der Waals surface area contributed by atoms with Gasteiger partial charge in [-0.1, -0.05) is 65.0 Å². The van der Waals surface area contributed by atoms with Gasteiger partial charge >= 0.3 is 6.09 Å². The number of carbonyl (C=O) groups is 5. The molecule has 36 heavy (non-hydrogen) atoms. The molecule has 0 aromatic heterocycles. The maximum Gasteiger partial charge on any atom is 0.418 e. The zero-order chi connectivity index (χ0) is 27.3. The molecule has 10 heteroatoms. The number of amides is 4. The molecule has 0 aliphatic carbocycles. The summed E-state index contributed by atoms with van der Waals surface area (Å²) in [5.41, 5.74) is -2.03. The highest BCUT2D eigenvalue weighted by molar-refractivity contribution is 6.34. The molecule has 2 rings (SSSR count). The summed E-state index contributed by atoms with van der Waals surface area (Å²) in [4.78, 5) is 64.7. The lowest BCUT2D eigenvalue weighted by Crippen LogP contribution is -2.55. The van der Waals surface area contributed by atoms with E-state index in [9.17, 15) is 24.0 Å². The number of Topliss-reactive ketones (excluding diaryl/α,β-unsaturated/α-hetero) is 1. The molecule has 1 aliphatic rings. The second kappa shape index (κ2) is 11.9. The number of nitrogens with zero attached hydrogens (tertiary/aromatic N) is 1. The van der Waals surface area contributed by atoms with E-state index in [-0.39, 0.29) is 16.6 Å². The zero-order valence-electron chi connectivity index (χ0n) is 21.8. The van der Waals surface area contributed by atoms with Crippen LogP contribution in [0, 0.1) is 5.41 Å². The van der Waals surface area contributed by atoms with Crippen LogP contribution >= 0.6 is 11.6 Å². The Morgan fingerprint density at radius 2 is 1.69 bits per heavy atom. The largest absolute Gasteiger partial charge is 0.433 e. The Morgan fingerprint density at radius 1 is 1.06 bits per heavy atom. The summed E-state index contributed by atoms with van der Waals surface area (Å²) in [7, 11) is 0. The van der Waals surface area contributed by atoms with E-state index in [1.807, 2.05) is 0 Å². The third kappa shape index (κ3) is 7.29. The number of nitrogens with one attached hydrogen (secondary N) is 2. The van der Waals surface area contributed by atoms with Gasteiger partial charge in [0, 0.05) is 17.5 Å². The van der Waals surface area contributed by atoms with Gasteiger partial charge in [0.2, 0.25) is 5.91 Å². The van der Waals surface area contributed by atoms with Gasteiger partial charge in [-0.05, 0) is 38.5 Å². The van der Waals surface area contributed by atoms with Crippen molar-refractivity contribution in [2.45, 2.75) is 91.7 Å². The van der Waals surface area contributed by atoms with Crippen LogP contribution in [0.1, 0.15) is 80.1 Å². The Hall–Kier alpha value is -2.94. The van der Waals surface area contributed by atoms with Gasteiger partial charge in [0.25, 0.3) is 11.8 Å². The van der Waals surface area contributed by atoms with Crippen LogP contribution in [0.25, 0.3) is 0 Å². The van der Waals surface area contributed by atoms with Crippen LogP contribution < -0.4 is 10.6 Å². The number of unbranched alkanes of at least 4 members (excludes halogenated alkanes) is 4. The third-order valence-corrected chi connectivity index (χ3v) is 6.11. The monoisotopic (exact) mass is 521 g/mol. The Balaban J connectivity index is 2.22. The number of rotatable bonds is 11. The predicted molar refractivity (Wildman–Crippen MR) is 138 cm³/mol.